The van der Waals surface area contributed by atoms with Crippen molar-refractivity contribution in [2.75, 3.05) is 0 Å². The van der Waals surface area contributed by atoms with Gasteiger partial charge in [-0.3, -0.25) is 4.98 Å². The maximum absolute atomic E-state index is 5.06. The number of hydrogen-bond donors (Lipinski definition) is 0. The van der Waals surface area contributed by atoms with E-state index in [4.69, 9.17) is 9.97 Å². The summed E-state index contributed by atoms with van der Waals surface area (Å²) in [6.07, 6.45) is 2.31. The van der Waals surface area contributed by atoms with E-state index in [1.165, 1.54) is 11.1 Å². The third-order valence-electron chi connectivity index (χ3n) is 6.06. The first kappa shape index (κ1) is 22.7. The largest absolute Gasteiger partial charge is 0.250 e. The highest BCUT2D eigenvalue weighted by Gasteiger charge is 2.11. The fraction of sp³-hybridized carbons (Fsp3) is 0.226. The Bertz CT molecular complexity index is 1340. The van der Waals surface area contributed by atoms with Gasteiger partial charge in [0.15, 0.2) is 0 Å². The molecule has 1 atom stereocenters. The number of benzene rings is 3. The number of hydrogen-bond acceptors (Lipinski definition) is 2. The van der Waals surface area contributed by atoms with Crippen molar-refractivity contribution in [2.24, 2.45) is 0 Å². The van der Waals surface area contributed by atoms with Crippen LogP contribution in [-0.4, -0.2) is 9.97 Å². The minimum atomic E-state index is 0.457. The van der Waals surface area contributed by atoms with E-state index in [1.54, 1.807) is 0 Å². The van der Waals surface area contributed by atoms with Crippen LogP contribution < -0.4 is 0 Å². The average Bonchev–Trinajstić information content (AvgIpc) is 2.90. The van der Waals surface area contributed by atoms with Crippen molar-refractivity contribution in [2.45, 2.75) is 46.5 Å². The van der Waals surface area contributed by atoms with Gasteiger partial charge < -0.3 is 0 Å². The second-order valence-corrected chi connectivity index (χ2v) is 8.27. The van der Waals surface area contributed by atoms with Crippen molar-refractivity contribution in [3.8, 4) is 22.4 Å². The van der Waals surface area contributed by atoms with E-state index in [0.717, 1.165) is 51.6 Å². The summed E-state index contributed by atoms with van der Waals surface area (Å²) in [4.78, 5) is 10.1. The van der Waals surface area contributed by atoms with Crippen LogP contribution in [0.1, 0.15) is 52.1 Å². The third-order valence-corrected chi connectivity index (χ3v) is 6.06. The SMILES string of the molecule is CC.CCCC(C)c1ccc2ccc3ccc(-c4ccc(-c5ccccc5)cc4)nc3c2n1. The Hall–Kier alpha value is -3.52. The van der Waals surface area contributed by atoms with E-state index in [-0.39, 0.29) is 0 Å². The molecule has 3 aromatic carbocycles. The van der Waals surface area contributed by atoms with Gasteiger partial charge in [0, 0.05) is 22.0 Å². The molecule has 2 aromatic heterocycles. The summed E-state index contributed by atoms with van der Waals surface area (Å²) in [5.74, 6) is 0.457. The molecular formula is C31H32N2. The van der Waals surface area contributed by atoms with Crippen LogP contribution in [0.3, 0.4) is 0 Å². The highest BCUT2D eigenvalue weighted by atomic mass is 14.8. The summed E-state index contributed by atoms with van der Waals surface area (Å²) < 4.78 is 0. The highest BCUT2D eigenvalue weighted by molar-refractivity contribution is 6.03. The number of aromatic nitrogens is 2. The van der Waals surface area contributed by atoms with Crippen molar-refractivity contribution in [1.29, 1.82) is 0 Å². The Kier molecular flexibility index (Phi) is 7.14. The maximum atomic E-state index is 5.06. The van der Waals surface area contributed by atoms with E-state index >= 15 is 0 Å². The molecule has 166 valence electrons. The summed E-state index contributed by atoms with van der Waals surface area (Å²) in [5.41, 5.74) is 7.67. The Labute approximate surface area is 197 Å². The molecule has 0 aliphatic heterocycles. The molecule has 2 heteroatoms. The first-order chi connectivity index (χ1) is 16.2. The van der Waals surface area contributed by atoms with Gasteiger partial charge in [-0.05, 0) is 35.6 Å². The minimum absolute atomic E-state index is 0.457. The number of rotatable bonds is 5. The van der Waals surface area contributed by atoms with E-state index in [1.807, 2.05) is 19.9 Å². The predicted molar refractivity (Wildman–Crippen MR) is 143 cm³/mol. The fourth-order valence-corrected chi connectivity index (χ4v) is 4.26. The molecule has 0 bridgehead atoms. The van der Waals surface area contributed by atoms with Crippen LogP contribution >= 0.6 is 0 Å². The van der Waals surface area contributed by atoms with Gasteiger partial charge in [-0.15, -0.1) is 0 Å². The molecule has 0 saturated heterocycles. The molecule has 2 nitrogen and oxygen atoms in total. The molecule has 2 heterocycles. The number of fused-ring (bicyclic) bond motifs is 3. The van der Waals surface area contributed by atoms with E-state index in [9.17, 15) is 0 Å². The van der Waals surface area contributed by atoms with Crippen LogP contribution in [0, 0.1) is 0 Å². The van der Waals surface area contributed by atoms with Crippen LogP contribution in [0.15, 0.2) is 91.0 Å². The lowest BCUT2D eigenvalue weighted by atomic mass is 10.00. The average molecular weight is 433 g/mol. The molecular weight excluding hydrogens is 400 g/mol. The van der Waals surface area contributed by atoms with Crippen LogP contribution in [0.4, 0.5) is 0 Å². The van der Waals surface area contributed by atoms with E-state index < -0.39 is 0 Å². The molecule has 0 saturated carbocycles. The van der Waals surface area contributed by atoms with Gasteiger partial charge in [-0.1, -0.05) is 113 Å². The molecule has 0 spiro atoms. The summed E-state index contributed by atoms with van der Waals surface area (Å²) in [6, 6.07) is 32.0. The molecule has 5 aromatic rings. The quantitative estimate of drug-likeness (QED) is 0.259. The lowest BCUT2D eigenvalue weighted by Crippen LogP contribution is -1.98. The predicted octanol–water partition coefficient (Wildman–Crippen LogP) is 9.05. The fourth-order valence-electron chi connectivity index (χ4n) is 4.26. The minimum Gasteiger partial charge on any atom is -0.250 e. The van der Waals surface area contributed by atoms with E-state index in [0.29, 0.717) is 5.92 Å². The van der Waals surface area contributed by atoms with Crippen molar-refractivity contribution in [3.05, 3.63) is 96.7 Å². The first-order valence-electron chi connectivity index (χ1n) is 12.1. The molecule has 0 N–H and O–H groups in total. The molecule has 1 unspecified atom stereocenters. The lowest BCUT2D eigenvalue weighted by Gasteiger charge is -2.12. The van der Waals surface area contributed by atoms with Crippen LogP contribution in [0.5, 0.6) is 0 Å². The van der Waals surface area contributed by atoms with Gasteiger partial charge in [0.2, 0.25) is 0 Å². The summed E-state index contributed by atoms with van der Waals surface area (Å²) in [5, 5.41) is 2.27. The monoisotopic (exact) mass is 432 g/mol. The zero-order chi connectivity index (χ0) is 23.2. The number of nitrogens with zero attached hydrogens (tertiary/aromatic N) is 2. The molecule has 0 aliphatic rings. The van der Waals surface area contributed by atoms with Crippen molar-refractivity contribution in [1.82, 2.24) is 9.97 Å². The van der Waals surface area contributed by atoms with Crippen molar-refractivity contribution in [3.63, 3.8) is 0 Å². The normalized spacial score (nSPS) is 11.8. The second-order valence-electron chi connectivity index (χ2n) is 8.27. The Balaban J connectivity index is 0.00000126. The highest BCUT2D eigenvalue weighted by Crippen LogP contribution is 2.29. The summed E-state index contributed by atoms with van der Waals surface area (Å²) >= 11 is 0. The van der Waals surface area contributed by atoms with Gasteiger partial charge >= 0.3 is 0 Å². The zero-order valence-electron chi connectivity index (χ0n) is 20.0. The molecule has 0 aliphatic carbocycles. The van der Waals surface area contributed by atoms with Gasteiger partial charge in [-0.2, -0.15) is 0 Å². The Morgan fingerprint density at radius 1 is 0.606 bits per heavy atom. The van der Waals surface area contributed by atoms with Gasteiger partial charge in [0.1, 0.15) is 0 Å². The van der Waals surface area contributed by atoms with Gasteiger partial charge in [0.25, 0.3) is 0 Å². The van der Waals surface area contributed by atoms with Gasteiger partial charge in [0.05, 0.1) is 16.7 Å². The van der Waals surface area contributed by atoms with Crippen molar-refractivity contribution < 1.29 is 0 Å². The zero-order valence-corrected chi connectivity index (χ0v) is 20.0. The molecule has 5 rings (SSSR count). The van der Waals surface area contributed by atoms with E-state index in [2.05, 4.69) is 98.8 Å². The molecule has 0 amide bonds. The maximum Gasteiger partial charge on any atom is 0.0972 e. The Morgan fingerprint density at radius 3 is 1.82 bits per heavy atom. The smallest absolute Gasteiger partial charge is 0.0972 e. The van der Waals surface area contributed by atoms with Crippen LogP contribution in [0.25, 0.3) is 44.2 Å². The number of pyridine rings is 2. The standard InChI is InChI=1S/C29H26N2.C2H6/c1-3-7-20(2)26-18-16-24-14-15-25-17-19-27(31-29(25)28(24)30-26)23-12-10-22(11-13-23)21-8-5-4-6-9-21;1-2/h4-6,8-20H,3,7H2,1-2H3;1-2H3. The van der Waals surface area contributed by atoms with Crippen molar-refractivity contribution >= 4 is 21.8 Å². The van der Waals surface area contributed by atoms with Crippen LogP contribution in [-0.2, 0) is 0 Å². The molecule has 33 heavy (non-hydrogen) atoms. The molecule has 0 radical (unpaired) electrons. The first-order valence-corrected chi connectivity index (χ1v) is 12.1. The summed E-state index contributed by atoms with van der Waals surface area (Å²) in [6.45, 7) is 8.49. The van der Waals surface area contributed by atoms with Gasteiger partial charge in [-0.25, -0.2) is 4.98 Å². The molecule has 0 fully saturated rings. The second kappa shape index (κ2) is 10.4. The topological polar surface area (TPSA) is 25.8 Å². The third kappa shape index (κ3) is 4.80. The lowest BCUT2D eigenvalue weighted by molar-refractivity contribution is 0.650. The summed E-state index contributed by atoms with van der Waals surface area (Å²) in [7, 11) is 0. The van der Waals surface area contributed by atoms with Crippen LogP contribution in [0.2, 0.25) is 0 Å². The Morgan fingerprint density at radius 2 is 1.15 bits per heavy atom.